The van der Waals surface area contributed by atoms with Crippen LogP contribution in [0, 0.1) is 5.92 Å². The quantitative estimate of drug-likeness (QED) is 0.652. The van der Waals surface area contributed by atoms with Crippen LogP contribution in [-0.2, 0) is 18.6 Å². The van der Waals surface area contributed by atoms with Crippen molar-refractivity contribution in [1.82, 2.24) is 4.90 Å². The second-order valence-corrected chi connectivity index (χ2v) is 6.43. The molecule has 1 saturated heterocycles. The Balaban J connectivity index is 2.45. The zero-order valence-corrected chi connectivity index (χ0v) is 10.1. The van der Waals surface area contributed by atoms with Crippen molar-refractivity contribution >= 4 is 25.6 Å². The van der Waals surface area contributed by atoms with Crippen LogP contribution in [0.2, 0.25) is 0 Å². The molecule has 1 heterocycles. The first-order valence-electron chi connectivity index (χ1n) is 4.61. The Hall–Kier alpha value is -0.330. The molecule has 5 nitrogen and oxygen atoms in total. The van der Waals surface area contributed by atoms with Gasteiger partial charge < -0.3 is 9.64 Å². The van der Waals surface area contributed by atoms with Crippen molar-refractivity contribution in [3.05, 3.63) is 0 Å². The molecular formula is C8H14ClNO4S. The van der Waals surface area contributed by atoms with Gasteiger partial charge in [0.15, 0.2) is 0 Å². The SMILES string of the molecule is COCCN1CC(CS(=O)(=O)Cl)CC1=O. The van der Waals surface area contributed by atoms with Gasteiger partial charge in [-0.05, 0) is 0 Å². The number of ether oxygens (including phenoxy) is 1. The molecule has 0 saturated carbocycles. The lowest BCUT2D eigenvalue weighted by Gasteiger charge is -2.15. The first kappa shape index (κ1) is 12.7. The summed E-state index contributed by atoms with van der Waals surface area (Å²) in [5, 5.41) is 0. The Kier molecular flexibility index (Phi) is 4.36. The number of hydrogen-bond donors (Lipinski definition) is 0. The van der Waals surface area contributed by atoms with E-state index in [4.69, 9.17) is 15.4 Å². The molecule has 0 N–H and O–H groups in total. The molecule has 0 bridgehead atoms. The molecule has 0 aliphatic carbocycles. The molecule has 7 heteroatoms. The molecule has 1 fully saturated rings. The van der Waals surface area contributed by atoms with Gasteiger partial charge in [0, 0.05) is 43.2 Å². The van der Waals surface area contributed by atoms with Gasteiger partial charge in [-0.1, -0.05) is 0 Å². The van der Waals surface area contributed by atoms with E-state index in [0.717, 1.165) is 0 Å². The minimum absolute atomic E-state index is 0.0302. The van der Waals surface area contributed by atoms with E-state index in [1.807, 2.05) is 0 Å². The van der Waals surface area contributed by atoms with Crippen molar-refractivity contribution in [3.63, 3.8) is 0 Å². The molecule has 1 aliphatic rings. The highest BCUT2D eigenvalue weighted by atomic mass is 35.7. The molecule has 1 aliphatic heterocycles. The summed E-state index contributed by atoms with van der Waals surface area (Å²) < 4.78 is 26.5. The maximum atomic E-state index is 11.4. The van der Waals surface area contributed by atoms with Crippen molar-refractivity contribution in [3.8, 4) is 0 Å². The van der Waals surface area contributed by atoms with E-state index in [1.54, 1.807) is 12.0 Å². The van der Waals surface area contributed by atoms with Crippen LogP contribution in [0.4, 0.5) is 0 Å². The number of nitrogens with zero attached hydrogens (tertiary/aromatic N) is 1. The molecule has 1 unspecified atom stereocenters. The van der Waals surface area contributed by atoms with Crippen LogP contribution in [0.1, 0.15) is 6.42 Å². The smallest absolute Gasteiger partial charge is 0.232 e. The summed E-state index contributed by atoms with van der Waals surface area (Å²) in [6, 6.07) is 0. The van der Waals surface area contributed by atoms with Crippen molar-refractivity contribution in [1.29, 1.82) is 0 Å². The third-order valence-electron chi connectivity index (χ3n) is 2.29. The summed E-state index contributed by atoms with van der Waals surface area (Å²) in [7, 11) is 3.17. The third-order valence-corrected chi connectivity index (χ3v) is 3.54. The van der Waals surface area contributed by atoms with Gasteiger partial charge in [-0.2, -0.15) is 0 Å². The number of halogens is 1. The Morgan fingerprint density at radius 2 is 2.27 bits per heavy atom. The second-order valence-electron chi connectivity index (χ2n) is 3.61. The fourth-order valence-corrected chi connectivity index (χ4v) is 2.99. The van der Waals surface area contributed by atoms with Crippen molar-refractivity contribution < 1.29 is 17.9 Å². The molecule has 88 valence electrons. The van der Waals surface area contributed by atoms with Crippen LogP contribution in [0.3, 0.4) is 0 Å². The van der Waals surface area contributed by atoms with Gasteiger partial charge in [0.25, 0.3) is 0 Å². The summed E-state index contributed by atoms with van der Waals surface area (Å²) in [4.78, 5) is 13.0. The van der Waals surface area contributed by atoms with Crippen LogP contribution in [0.5, 0.6) is 0 Å². The highest BCUT2D eigenvalue weighted by Crippen LogP contribution is 2.20. The normalized spacial score (nSPS) is 22.4. The van der Waals surface area contributed by atoms with E-state index in [2.05, 4.69) is 0 Å². The van der Waals surface area contributed by atoms with Gasteiger partial charge in [-0.15, -0.1) is 0 Å². The van der Waals surface area contributed by atoms with Gasteiger partial charge in [-0.3, -0.25) is 4.79 Å². The predicted molar refractivity (Wildman–Crippen MR) is 56.2 cm³/mol. The minimum Gasteiger partial charge on any atom is -0.383 e. The second kappa shape index (κ2) is 5.14. The van der Waals surface area contributed by atoms with Gasteiger partial charge in [0.05, 0.1) is 12.4 Å². The van der Waals surface area contributed by atoms with E-state index in [9.17, 15) is 13.2 Å². The number of likely N-dealkylation sites (tertiary alicyclic amines) is 1. The predicted octanol–water partition coefficient (Wildman–Crippen LogP) is 0.0499. The molecule has 0 spiro atoms. The number of methoxy groups -OCH3 is 1. The minimum atomic E-state index is -3.51. The fraction of sp³-hybridized carbons (Fsp3) is 0.875. The molecular weight excluding hydrogens is 242 g/mol. The maximum absolute atomic E-state index is 11.4. The summed E-state index contributed by atoms with van der Waals surface area (Å²) in [5.74, 6) is -0.349. The molecule has 0 aromatic heterocycles. The molecule has 1 atom stereocenters. The van der Waals surface area contributed by atoms with Crippen LogP contribution in [0.15, 0.2) is 0 Å². The van der Waals surface area contributed by atoms with E-state index >= 15 is 0 Å². The monoisotopic (exact) mass is 255 g/mol. The largest absolute Gasteiger partial charge is 0.383 e. The summed E-state index contributed by atoms with van der Waals surface area (Å²) >= 11 is 0. The Labute approximate surface area is 93.8 Å². The van der Waals surface area contributed by atoms with E-state index in [0.29, 0.717) is 19.7 Å². The van der Waals surface area contributed by atoms with Crippen LogP contribution >= 0.6 is 10.7 Å². The van der Waals surface area contributed by atoms with E-state index < -0.39 is 9.05 Å². The van der Waals surface area contributed by atoms with E-state index in [-0.39, 0.29) is 24.0 Å². The maximum Gasteiger partial charge on any atom is 0.232 e. The lowest BCUT2D eigenvalue weighted by molar-refractivity contribution is -0.128. The number of hydrogen-bond acceptors (Lipinski definition) is 4. The first-order valence-corrected chi connectivity index (χ1v) is 7.09. The Morgan fingerprint density at radius 1 is 1.60 bits per heavy atom. The fourth-order valence-electron chi connectivity index (χ4n) is 1.66. The highest BCUT2D eigenvalue weighted by Gasteiger charge is 2.31. The van der Waals surface area contributed by atoms with Gasteiger partial charge in [-0.25, -0.2) is 8.42 Å². The van der Waals surface area contributed by atoms with Crippen LogP contribution in [0.25, 0.3) is 0 Å². The zero-order valence-electron chi connectivity index (χ0n) is 8.48. The van der Waals surface area contributed by atoms with Gasteiger partial charge >= 0.3 is 0 Å². The summed E-state index contributed by atoms with van der Waals surface area (Å²) in [6.07, 6.45) is 0.260. The van der Waals surface area contributed by atoms with Gasteiger partial charge in [0.1, 0.15) is 0 Å². The third kappa shape index (κ3) is 4.36. The zero-order chi connectivity index (χ0) is 11.5. The number of rotatable bonds is 5. The number of carbonyl (C=O) groups excluding carboxylic acids is 1. The van der Waals surface area contributed by atoms with Crippen molar-refractivity contribution in [2.75, 3.05) is 32.6 Å². The molecule has 0 aromatic carbocycles. The molecule has 15 heavy (non-hydrogen) atoms. The topological polar surface area (TPSA) is 63.7 Å². The standard InChI is InChI=1S/C8H14ClNO4S/c1-14-3-2-10-5-7(4-8(10)11)6-15(9,12)13/h7H,2-6H2,1H3. The number of carbonyl (C=O) groups is 1. The average molecular weight is 256 g/mol. The van der Waals surface area contributed by atoms with Crippen molar-refractivity contribution in [2.45, 2.75) is 6.42 Å². The lowest BCUT2D eigenvalue weighted by atomic mass is 10.1. The number of amides is 1. The molecule has 1 amide bonds. The van der Waals surface area contributed by atoms with E-state index in [1.165, 1.54) is 0 Å². The average Bonchev–Trinajstić information content (AvgIpc) is 2.39. The molecule has 0 radical (unpaired) electrons. The molecule has 1 rings (SSSR count). The van der Waals surface area contributed by atoms with Crippen LogP contribution < -0.4 is 0 Å². The van der Waals surface area contributed by atoms with Gasteiger partial charge in [0.2, 0.25) is 15.0 Å². The Bertz CT molecular complexity index is 330. The highest BCUT2D eigenvalue weighted by molar-refractivity contribution is 8.13. The van der Waals surface area contributed by atoms with Crippen molar-refractivity contribution in [2.24, 2.45) is 5.92 Å². The lowest BCUT2D eigenvalue weighted by Crippen LogP contribution is -2.29. The van der Waals surface area contributed by atoms with Crippen LogP contribution in [-0.4, -0.2) is 51.8 Å². The Morgan fingerprint density at radius 3 is 2.80 bits per heavy atom. The summed E-state index contributed by atoms with van der Waals surface area (Å²) in [5.41, 5.74) is 0. The first-order chi connectivity index (χ1) is 6.92. The molecule has 0 aromatic rings. The summed E-state index contributed by atoms with van der Waals surface area (Å²) in [6.45, 7) is 1.42.